The van der Waals surface area contributed by atoms with Gasteiger partial charge >= 0.3 is 58.4 Å². The largest absolute Gasteiger partial charge is 1.00 e. The Balaban J connectivity index is 0.00000196. The molecule has 3 nitrogen and oxygen atoms in total. The zero-order valence-electron chi connectivity index (χ0n) is 8.21. The monoisotopic (exact) mass is 243 g/mol. The summed E-state index contributed by atoms with van der Waals surface area (Å²) in [5.41, 5.74) is -1.22. The van der Waals surface area contributed by atoms with Crippen molar-refractivity contribution in [3.63, 3.8) is 0 Å². The Morgan fingerprint density at radius 3 is 2.27 bits per heavy atom. The first-order valence-corrected chi connectivity index (χ1v) is 3.77. The fraction of sp³-hybridized carbons (Fsp3) is 0.143. The van der Waals surface area contributed by atoms with Gasteiger partial charge in [0, 0.05) is 5.56 Å². The quantitative estimate of drug-likeness (QED) is 0.378. The van der Waals surface area contributed by atoms with Gasteiger partial charge in [-0.25, -0.2) is 0 Å². The third-order valence-corrected chi connectivity index (χ3v) is 1.81. The second kappa shape index (κ2) is 5.44. The summed E-state index contributed by atoms with van der Waals surface area (Å²) in [5, 5.41) is 10.3. The van der Waals surface area contributed by atoms with Gasteiger partial charge in [-0.05, 0) is 13.0 Å². The fourth-order valence-electron chi connectivity index (χ4n) is 1.03. The van der Waals surface area contributed by atoms with Gasteiger partial charge in [0.1, 0.15) is 0 Å². The number of hydrogen-bond donors (Lipinski definition) is 0. The molecule has 1 aromatic rings. The van der Waals surface area contributed by atoms with E-state index in [9.17, 15) is 23.1 Å². The van der Waals surface area contributed by atoms with E-state index in [-0.39, 0.29) is 56.9 Å². The molecule has 0 atom stereocenters. The molecule has 0 radical (unpaired) electrons. The Bertz CT molecular complexity index is 383. The molecule has 8 heteroatoms. The van der Waals surface area contributed by atoms with E-state index >= 15 is 0 Å². The van der Waals surface area contributed by atoms with Gasteiger partial charge in [-0.1, -0.05) is 12.1 Å². The molecular weight excluding hydrogens is 237 g/mol. The molecule has 0 aliphatic heterocycles. The number of hydrogen-bond acceptors (Lipinski definition) is 2. The standard InChI is InChI=1S/C7H6BF3NO2.K/c1-5-2-3-6(8(9,10)11)4-7(5)12(13)14;/h2-4H,1H3;/q-1;+1. The minimum Gasteiger partial charge on any atom is -0.445 e. The van der Waals surface area contributed by atoms with Crippen LogP contribution in [0, 0.1) is 17.0 Å². The summed E-state index contributed by atoms with van der Waals surface area (Å²) in [6.07, 6.45) is 0. The van der Waals surface area contributed by atoms with E-state index < -0.39 is 23.1 Å². The van der Waals surface area contributed by atoms with Crippen LogP contribution in [0.1, 0.15) is 5.56 Å². The molecule has 0 aliphatic rings. The first-order chi connectivity index (χ1) is 6.32. The van der Waals surface area contributed by atoms with Crippen molar-refractivity contribution >= 4 is 18.1 Å². The minimum absolute atomic E-state index is 0. The molecule has 0 aliphatic carbocycles. The maximum absolute atomic E-state index is 12.2. The van der Waals surface area contributed by atoms with Crippen LogP contribution in [-0.4, -0.2) is 11.9 Å². The Morgan fingerprint density at radius 2 is 1.87 bits per heavy atom. The number of aryl methyl sites for hydroxylation is 1. The molecule has 1 rings (SSSR count). The predicted molar refractivity (Wildman–Crippen MR) is 46.5 cm³/mol. The molecular formula is C7H6BF3KNO2. The molecule has 0 fully saturated rings. The average molecular weight is 243 g/mol. The fourth-order valence-corrected chi connectivity index (χ4v) is 1.03. The summed E-state index contributed by atoms with van der Waals surface area (Å²) in [6, 6.07) is 2.51. The topological polar surface area (TPSA) is 43.1 Å². The molecule has 0 saturated carbocycles. The van der Waals surface area contributed by atoms with Gasteiger partial charge in [0.2, 0.25) is 0 Å². The zero-order valence-corrected chi connectivity index (χ0v) is 11.3. The van der Waals surface area contributed by atoms with E-state index in [0.717, 1.165) is 12.1 Å². The van der Waals surface area contributed by atoms with Crippen LogP contribution < -0.4 is 56.8 Å². The van der Waals surface area contributed by atoms with Crippen molar-refractivity contribution in [1.82, 2.24) is 0 Å². The smallest absolute Gasteiger partial charge is 0.445 e. The number of nitro benzene ring substituents is 1. The summed E-state index contributed by atoms with van der Waals surface area (Å²) in [7, 11) is 0. The van der Waals surface area contributed by atoms with Crippen LogP contribution in [0.15, 0.2) is 18.2 Å². The summed E-state index contributed by atoms with van der Waals surface area (Å²) in [6.45, 7) is -3.78. The van der Waals surface area contributed by atoms with Crippen molar-refractivity contribution in [3.8, 4) is 0 Å². The Kier molecular flexibility index (Phi) is 5.48. The number of rotatable bonds is 2. The van der Waals surface area contributed by atoms with E-state index in [1.165, 1.54) is 6.92 Å². The average Bonchev–Trinajstić information content (AvgIpc) is 2.02. The molecule has 0 saturated heterocycles. The van der Waals surface area contributed by atoms with E-state index in [1.807, 2.05) is 0 Å². The predicted octanol–water partition coefficient (Wildman–Crippen LogP) is -1.04. The maximum Gasteiger partial charge on any atom is 1.00 e. The normalized spacial score (nSPS) is 10.7. The molecule has 0 N–H and O–H groups in total. The third-order valence-electron chi connectivity index (χ3n) is 1.81. The maximum atomic E-state index is 12.2. The number of nitro groups is 1. The Hall–Kier alpha value is 0.111. The van der Waals surface area contributed by atoms with E-state index in [0.29, 0.717) is 6.07 Å². The SMILES string of the molecule is Cc1ccc([B-](F)(F)F)cc1[N+](=O)[O-].[K+]. The van der Waals surface area contributed by atoms with E-state index in [2.05, 4.69) is 0 Å². The third kappa shape index (κ3) is 3.88. The van der Waals surface area contributed by atoms with Gasteiger partial charge in [0.05, 0.1) is 4.92 Å². The van der Waals surface area contributed by atoms with Gasteiger partial charge in [-0.2, -0.15) is 0 Å². The summed E-state index contributed by atoms with van der Waals surface area (Å²) in [4.78, 5) is 9.53. The van der Waals surface area contributed by atoms with Crippen LogP contribution in [0.3, 0.4) is 0 Å². The second-order valence-electron chi connectivity index (χ2n) is 2.88. The molecule has 0 unspecified atom stereocenters. The summed E-state index contributed by atoms with van der Waals surface area (Å²) in [5.74, 6) is 0. The summed E-state index contributed by atoms with van der Waals surface area (Å²) < 4.78 is 36.6. The molecule has 0 heterocycles. The van der Waals surface area contributed by atoms with Crippen molar-refractivity contribution in [1.29, 1.82) is 0 Å². The summed E-state index contributed by atoms with van der Waals surface area (Å²) >= 11 is 0. The van der Waals surface area contributed by atoms with Crippen LogP contribution in [0.4, 0.5) is 18.6 Å². The van der Waals surface area contributed by atoms with E-state index in [4.69, 9.17) is 0 Å². The second-order valence-corrected chi connectivity index (χ2v) is 2.88. The van der Waals surface area contributed by atoms with E-state index in [1.54, 1.807) is 0 Å². The van der Waals surface area contributed by atoms with Gasteiger partial charge in [0.25, 0.3) is 5.69 Å². The molecule has 1 aromatic carbocycles. The Labute approximate surface area is 127 Å². The molecule has 76 valence electrons. The van der Waals surface area contributed by atoms with Crippen molar-refractivity contribution in [2.45, 2.75) is 6.92 Å². The first kappa shape index (κ1) is 15.1. The zero-order chi connectivity index (χ0) is 10.9. The van der Waals surface area contributed by atoms with Gasteiger partial charge in [0.15, 0.2) is 0 Å². The van der Waals surface area contributed by atoms with Crippen molar-refractivity contribution in [3.05, 3.63) is 33.9 Å². The van der Waals surface area contributed by atoms with Crippen LogP contribution >= 0.6 is 0 Å². The first-order valence-electron chi connectivity index (χ1n) is 3.77. The molecule has 0 aromatic heterocycles. The molecule has 0 bridgehead atoms. The van der Waals surface area contributed by atoms with Crippen LogP contribution in [-0.2, 0) is 0 Å². The van der Waals surface area contributed by atoms with Crippen LogP contribution in [0.25, 0.3) is 0 Å². The number of benzene rings is 1. The number of halogens is 3. The Morgan fingerprint density at radius 1 is 1.33 bits per heavy atom. The molecule has 0 amide bonds. The van der Waals surface area contributed by atoms with Crippen LogP contribution in [0.5, 0.6) is 0 Å². The van der Waals surface area contributed by atoms with Gasteiger partial charge in [-0.15, -0.1) is 5.46 Å². The van der Waals surface area contributed by atoms with Crippen molar-refractivity contribution in [2.24, 2.45) is 0 Å². The number of nitrogens with zero attached hydrogens (tertiary/aromatic N) is 1. The minimum atomic E-state index is -5.17. The van der Waals surface area contributed by atoms with Crippen LogP contribution in [0.2, 0.25) is 0 Å². The van der Waals surface area contributed by atoms with Gasteiger partial charge < -0.3 is 12.9 Å². The van der Waals surface area contributed by atoms with Crippen molar-refractivity contribution in [2.75, 3.05) is 0 Å². The van der Waals surface area contributed by atoms with Gasteiger partial charge in [-0.3, -0.25) is 10.1 Å². The molecule has 15 heavy (non-hydrogen) atoms. The van der Waals surface area contributed by atoms with Crippen molar-refractivity contribution < 1.29 is 69.3 Å². The molecule has 0 spiro atoms.